The molecule has 1 N–H and O–H groups in total. The van der Waals surface area contributed by atoms with Crippen LogP contribution in [0.5, 0.6) is 5.88 Å². The molecule has 4 aromatic rings. The first-order valence-electron chi connectivity index (χ1n) is 14.5. The first-order valence-corrected chi connectivity index (χ1v) is 14.5. The second kappa shape index (κ2) is 10.0. The van der Waals surface area contributed by atoms with E-state index in [0.717, 1.165) is 65.9 Å². The van der Waals surface area contributed by atoms with Gasteiger partial charge in [-0.05, 0) is 80.3 Å². The van der Waals surface area contributed by atoms with Gasteiger partial charge in [0.2, 0.25) is 5.88 Å². The summed E-state index contributed by atoms with van der Waals surface area (Å²) in [6.07, 6.45) is 10.2. The van der Waals surface area contributed by atoms with E-state index < -0.39 is 11.4 Å². The van der Waals surface area contributed by atoms with Gasteiger partial charge in [0, 0.05) is 61.4 Å². The van der Waals surface area contributed by atoms with Gasteiger partial charge in [-0.25, -0.2) is 18.9 Å². The molecule has 0 radical (unpaired) electrons. The Morgan fingerprint density at radius 3 is 2.52 bits per heavy atom. The van der Waals surface area contributed by atoms with Gasteiger partial charge in [0.1, 0.15) is 11.9 Å². The van der Waals surface area contributed by atoms with Crippen molar-refractivity contribution in [2.45, 2.75) is 63.3 Å². The molecular formula is C32H34FN7O2. The number of methoxy groups -OCH3 is 1. The number of rotatable bonds is 7. The number of hydrogen-bond donors (Lipinski definition) is 1. The zero-order chi connectivity index (χ0) is 29.2. The number of nitrogens with zero attached hydrogens (tertiary/aromatic N) is 7. The van der Waals surface area contributed by atoms with E-state index in [2.05, 4.69) is 44.2 Å². The quantitative estimate of drug-likeness (QED) is 0.347. The van der Waals surface area contributed by atoms with Crippen LogP contribution in [0.15, 0.2) is 49.1 Å². The fraction of sp³-hybridized carbons (Fsp3) is 0.438. The van der Waals surface area contributed by atoms with E-state index in [4.69, 9.17) is 9.72 Å². The molecule has 1 saturated carbocycles. The Morgan fingerprint density at radius 1 is 1.10 bits per heavy atom. The number of hydrogen-bond acceptors (Lipinski definition) is 8. The highest BCUT2D eigenvalue weighted by Crippen LogP contribution is 2.47. The Labute approximate surface area is 244 Å². The fourth-order valence-corrected chi connectivity index (χ4v) is 6.91. The third-order valence-electron chi connectivity index (χ3n) is 9.51. The standard InChI is InChI=1S/C32H34FN7O2/c1-32(2,41)24-7-21(8-24)22-9-27(30-23(11-34)14-37-40(30)16-22)20-4-5-29(35-13-20)38-17-25-10-26(18-38)39(25)15-19-6-28(33)31(42-3)36-12-19/h4-6,9,12-14,16,21,24-26,41H,7-8,10,15,17-18H2,1-3H3. The van der Waals surface area contributed by atoms with E-state index in [0.29, 0.717) is 30.1 Å². The molecule has 4 aliphatic rings. The molecule has 2 unspecified atom stereocenters. The molecule has 4 aromatic heterocycles. The fourth-order valence-electron chi connectivity index (χ4n) is 6.91. The van der Waals surface area contributed by atoms with E-state index in [9.17, 15) is 14.8 Å². The summed E-state index contributed by atoms with van der Waals surface area (Å²) in [5.74, 6) is 1.14. The van der Waals surface area contributed by atoms with Gasteiger partial charge < -0.3 is 14.7 Å². The van der Waals surface area contributed by atoms with Crippen molar-refractivity contribution in [1.29, 1.82) is 5.26 Å². The van der Waals surface area contributed by atoms with E-state index >= 15 is 0 Å². The third kappa shape index (κ3) is 4.57. The molecule has 2 atom stereocenters. The van der Waals surface area contributed by atoms with Gasteiger partial charge in [0.25, 0.3) is 0 Å². The minimum Gasteiger partial charge on any atom is -0.479 e. The van der Waals surface area contributed by atoms with Crippen LogP contribution in [0.25, 0.3) is 16.6 Å². The summed E-state index contributed by atoms with van der Waals surface area (Å²) in [6.45, 7) is 6.15. The van der Waals surface area contributed by atoms with Gasteiger partial charge in [0.05, 0.1) is 30.0 Å². The van der Waals surface area contributed by atoms with Crippen LogP contribution in [0.2, 0.25) is 0 Å². The van der Waals surface area contributed by atoms with Gasteiger partial charge >= 0.3 is 0 Å². The minimum absolute atomic E-state index is 0.0233. The number of anilines is 1. The van der Waals surface area contributed by atoms with Crippen molar-refractivity contribution in [2.75, 3.05) is 25.1 Å². The van der Waals surface area contributed by atoms with Gasteiger partial charge in [-0.15, -0.1) is 0 Å². The molecule has 8 rings (SSSR count). The van der Waals surface area contributed by atoms with E-state index in [1.807, 2.05) is 30.8 Å². The molecule has 216 valence electrons. The highest BCUT2D eigenvalue weighted by atomic mass is 19.1. The number of piperazine rings is 1. The second-order valence-electron chi connectivity index (χ2n) is 12.5. The molecule has 7 heterocycles. The molecule has 0 amide bonds. The lowest BCUT2D eigenvalue weighted by atomic mass is 9.65. The van der Waals surface area contributed by atoms with Crippen LogP contribution in [0, 0.1) is 23.1 Å². The molecule has 4 fully saturated rings. The molecule has 10 heteroatoms. The highest BCUT2D eigenvalue weighted by Gasteiger charge is 2.45. The molecule has 9 nitrogen and oxygen atoms in total. The maximum atomic E-state index is 14.2. The van der Waals surface area contributed by atoms with Gasteiger partial charge in [-0.1, -0.05) is 0 Å². The average molecular weight is 568 g/mol. The molecule has 0 aromatic carbocycles. The Bertz CT molecular complexity index is 1670. The van der Waals surface area contributed by atoms with Crippen molar-refractivity contribution in [2.24, 2.45) is 5.92 Å². The number of nitriles is 1. The topological polar surface area (TPSA) is 103 Å². The normalized spacial score (nSPS) is 23.8. The number of halogens is 1. The number of aliphatic hydroxyl groups is 1. The number of ether oxygens (including phenoxy) is 1. The van der Waals surface area contributed by atoms with E-state index in [-0.39, 0.29) is 11.8 Å². The maximum Gasteiger partial charge on any atom is 0.250 e. The number of piperidine rings is 1. The summed E-state index contributed by atoms with van der Waals surface area (Å²) in [7, 11) is 1.42. The van der Waals surface area contributed by atoms with Crippen molar-refractivity contribution in [1.82, 2.24) is 24.5 Å². The van der Waals surface area contributed by atoms with Crippen LogP contribution >= 0.6 is 0 Å². The molecule has 3 aliphatic heterocycles. The van der Waals surface area contributed by atoms with Gasteiger partial charge in [-0.3, -0.25) is 4.90 Å². The van der Waals surface area contributed by atoms with Gasteiger partial charge in [-0.2, -0.15) is 10.4 Å². The van der Waals surface area contributed by atoms with Crippen LogP contribution in [-0.2, 0) is 6.54 Å². The van der Waals surface area contributed by atoms with Crippen LogP contribution < -0.4 is 9.64 Å². The largest absolute Gasteiger partial charge is 0.479 e. The lowest BCUT2D eigenvalue weighted by Gasteiger charge is -2.56. The molecule has 3 saturated heterocycles. The lowest BCUT2D eigenvalue weighted by Crippen LogP contribution is -2.68. The van der Waals surface area contributed by atoms with Gasteiger partial charge in [0.15, 0.2) is 5.82 Å². The van der Waals surface area contributed by atoms with E-state index in [1.54, 1.807) is 12.4 Å². The van der Waals surface area contributed by atoms with Crippen LogP contribution in [0.4, 0.5) is 10.2 Å². The summed E-state index contributed by atoms with van der Waals surface area (Å²) in [4.78, 5) is 13.7. The zero-order valence-corrected chi connectivity index (χ0v) is 24.0. The van der Waals surface area contributed by atoms with Crippen molar-refractivity contribution >= 4 is 11.3 Å². The number of pyridine rings is 3. The second-order valence-corrected chi connectivity index (χ2v) is 12.5. The summed E-state index contributed by atoms with van der Waals surface area (Å²) in [5, 5.41) is 24.7. The molecular weight excluding hydrogens is 533 g/mol. The molecule has 42 heavy (non-hydrogen) atoms. The summed E-state index contributed by atoms with van der Waals surface area (Å²) in [6, 6.07) is 10.9. The average Bonchev–Trinajstić information content (AvgIpc) is 3.37. The van der Waals surface area contributed by atoms with Crippen LogP contribution in [0.3, 0.4) is 0 Å². The predicted molar refractivity (Wildman–Crippen MR) is 156 cm³/mol. The summed E-state index contributed by atoms with van der Waals surface area (Å²) >= 11 is 0. The maximum absolute atomic E-state index is 14.2. The van der Waals surface area contributed by atoms with Crippen molar-refractivity contribution < 1.29 is 14.2 Å². The first kappa shape index (κ1) is 26.8. The molecule has 2 bridgehead atoms. The Morgan fingerprint density at radius 2 is 1.88 bits per heavy atom. The Hall–Kier alpha value is -4.07. The monoisotopic (exact) mass is 567 g/mol. The minimum atomic E-state index is -0.681. The Balaban J connectivity index is 1.09. The summed E-state index contributed by atoms with van der Waals surface area (Å²) < 4.78 is 20.9. The van der Waals surface area contributed by atoms with E-state index in [1.165, 1.54) is 13.2 Å². The van der Waals surface area contributed by atoms with Crippen molar-refractivity contribution in [3.05, 3.63) is 71.6 Å². The summed E-state index contributed by atoms with van der Waals surface area (Å²) in [5.41, 5.74) is 4.54. The highest BCUT2D eigenvalue weighted by molar-refractivity contribution is 5.85. The number of fused-ring (bicyclic) bond motifs is 3. The molecule has 0 spiro atoms. The molecule has 1 aliphatic carbocycles. The number of aromatic nitrogens is 4. The first-order chi connectivity index (χ1) is 20.2. The third-order valence-corrected chi connectivity index (χ3v) is 9.51. The predicted octanol–water partition coefficient (Wildman–Crippen LogP) is 4.54. The SMILES string of the molecule is COc1ncc(CN2C3CC2CN(c2ccc(-c4cc(C5CC(C(C)(C)O)C5)cn5ncc(C#N)c45)cn2)C3)cc1F. The Kier molecular flexibility index (Phi) is 6.40. The van der Waals surface area contributed by atoms with Crippen molar-refractivity contribution in [3.63, 3.8) is 0 Å². The van der Waals surface area contributed by atoms with Crippen LogP contribution in [-0.4, -0.2) is 67.5 Å². The zero-order valence-electron chi connectivity index (χ0n) is 24.0. The lowest BCUT2D eigenvalue weighted by molar-refractivity contribution is -0.0274. The van der Waals surface area contributed by atoms with Crippen LogP contribution in [0.1, 0.15) is 55.7 Å². The van der Waals surface area contributed by atoms with Crippen molar-refractivity contribution in [3.8, 4) is 23.1 Å². The smallest absolute Gasteiger partial charge is 0.250 e.